The van der Waals surface area contributed by atoms with Crippen molar-refractivity contribution in [1.82, 2.24) is 0 Å². The molecule has 1 rings (SSSR count). The van der Waals surface area contributed by atoms with Gasteiger partial charge in [-0.25, -0.2) is 0 Å². The average molecular weight is 151 g/mol. The summed E-state index contributed by atoms with van der Waals surface area (Å²) in [5.41, 5.74) is 0. The lowest BCUT2D eigenvalue weighted by atomic mass is 9.96. The molecule has 0 bridgehead atoms. The topological polar surface area (TPSA) is 20.2 Å². The maximum absolute atomic E-state index is 8.67. The summed E-state index contributed by atoms with van der Waals surface area (Å²) in [6.07, 6.45) is 2.07. The van der Waals surface area contributed by atoms with Crippen LogP contribution < -0.4 is 0 Å². The highest BCUT2D eigenvalue weighted by Crippen LogP contribution is 2.26. The molecule has 0 spiro atoms. The first kappa shape index (κ1) is 4.60. The van der Waals surface area contributed by atoms with Gasteiger partial charge in [-0.05, 0) is 12.8 Å². The SMILES string of the molecule is O[C@@H]1CC[C@@H]1Br. The first-order valence-corrected chi connectivity index (χ1v) is 3.04. The van der Waals surface area contributed by atoms with Gasteiger partial charge in [-0.1, -0.05) is 15.9 Å². The van der Waals surface area contributed by atoms with Gasteiger partial charge >= 0.3 is 0 Å². The van der Waals surface area contributed by atoms with Crippen molar-refractivity contribution in [1.29, 1.82) is 0 Å². The van der Waals surface area contributed by atoms with Crippen LogP contribution in [0.1, 0.15) is 12.8 Å². The molecule has 0 aromatic rings. The average Bonchev–Trinajstić information content (AvgIpc) is 1.61. The summed E-state index contributed by atoms with van der Waals surface area (Å²) in [6, 6.07) is 0. The van der Waals surface area contributed by atoms with Gasteiger partial charge in [0, 0.05) is 4.83 Å². The third-order valence-electron chi connectivity index (χ3n) is 1.16. The van der Waals surface area contributed by atoms with Crippen LogP contribution in [0.15, 0.2) is 0 Å². The maximum atomic E-state index is 8.67. The van der Waals surface area contributed by atoms with Gasteiger partial charge in [0.1, 0.15) is 0 Å². The molecule has 1 aliphatic carbocycles. The van der Waals surface area contributed by atoms with Crippen LogP contribution in [0.2, 0.25) is 0 Å². The van der Waals surface area contributed by atoms with Crippen LogP contribution in [0.4, 0.5) is 0 Å². The Morgan fingerprint density at radius 2 is 2.00 bits per heavy atom. The number of rotatable bonds is 0. The lowest BCUT2D eigenvalue weighted by molar-refractivity contribution is 0.106. The second-order valence-corrected chi connectivity index (χ2v) is 2.84. The maximum Gasteiger partial charge on any atom is 0.0665 e. The van der Waals surface area contributed by atoms with Crippen LogP contribution in [0.3, 0.4) is 0 Å². The second-order valence-electron chi connectivity index (χ2n) is 1.66. The molecule has 0 heterocycles. The van der Waals surface area contributed by atoms with Gasteiger partial charge in [-0.15, -0.1) is 0 Å². The van der Waals surface area contributed by atoms with Crippen molar-refractivity contribution in [2.75, 3.05) is 0 Å². The number of aliphatic hydroxyl groups excluding tert-OH is 1. The fraction of sp³-hybridized carbons (Fsp3) is 1.00. The summed E-state index contributed by atoms with van der Waals surface area (Å²) >= 11 is 3.28. The summed E-state index contributed by atoms with van der Waals surface area (Å²) in [4.78, 5) is 0.400. The van der Waals surface area contributed by atoms with E-state index in [2.05, 4.69) is 15.9 Å². The largest absolute Gasteiger partial charge is 0.392 e. The molecular weight excluding hydrogens is 144 g/mol. The van der Waals surface area contributed by atoms with E-state index in [0.29, 0.717) is 4.83 Å². The lowest BCUT2D eigenvalue weighted by Gasteiger charge is -2.26. The zero-order valence-electron chi connectivity index (χ0n) is 3.39. The van der Waals surface area contributed by atoms with E-state index in [1.807, 2.05) is 0 Å². The highest BCUT2D eigenvalue weighted by molar-refractivity contribution is 9.09. The normalized spacial score (nSPS) is 45.0. The van der Waals surface area contributed by atoms with Gasteiger partial charge in [0.15, 0.2) is 0 Å². The molecule has 1 fully saturated rings. The Labute approximate surface area is 45.5 Å². The van der Waals surface area contributed by atoms with Crippen LogP contribution in [-0.2, 0) is 0 Å². The summed E-state index contributed by atoms with van der Waals surface area (Å²) in [6.45, 7) is 0. The van der Waals surface area contributed by atoms with Crippen LogP contribution >= 0.6 is 15.9 Å². The van der Waals surface area contributed by atoms with Gasteiger partial charge in [-0.3, -0.25) is 0 Å². The Hall–Kier alpha value is 0.440. The fourth-order valence-electron chi connectivity index (χ4n) is 0.442. The van der Waals surface area contributed by atoms with Crippen molar-refractivity contribution in [2.24, 2.45) is 0 Å². The van der Waals surface area contributed by atoms with Crippen LogP contribution in [0.25, 0.3) is 0 Å². The molecule has 1 nitrogen and oxygen atoms in total. The van der Waals surface area contributed by atoms with Crippen molar-refractivity contribution in [3.8, 4) is 0 Å². The first-order chi connectivity index (χ1) is 2.80. The minimum Gasteiger partial charge on any atom is -0.392 e. The highest BCUT2D eigenvalue weighted by Gasteiger charge is 2.25. The molecule has 6 heavy (non-hydrogen) atoms. The van der Waals surface area contributed by atoms with Crippen molar-refractivity contribution in [2.45, 2.75) is 23.8 Å². The van der Waals surface area contributed by atoms with Crippen LogP contribution in [0, 0.1) is 0 Å². The molecule has 36 valence electrons. The van der Waals surface area contributed by atoms with Crippen molar-refractivity contribution in [3.05, 3.63) is 0 Å². The molecule has 2 heteroatoms. The zero-order valence-corrected chi connectivity index (χ0v) is 4.98. The second kappa shape index (κ2) is 1.51. The number of hydrogen-bond acceptors (Lipinski definition) is 1. The van der Waals surface area contributed by atoms with Gasteiger partial charge in [0.05, 0.1) is 6.10 Å². The first-order valence-electron chi connectivity index (χ1n) is 2.13. The van der Waals surface area contributed by atoms with E-state index < -0.39 is 0 Å². The fourth-order valence-corrected chi connectivity index (χ4v) is 0.970. The smallest absolute Gasteiger partial charge is 0.0665 e. The van der Waals surface area contributed by atoms with Gasteiger partial charge in [0.25, 0.3) is 0 Å². The molecule has 0 amide bonds. The quantitative estimate of drug-likeness (QED) is 0.510. The lowest BCUT2D eigenvalue weighted by Crippen LogP contribution is -2.30. The van der Waals surface area contributed by atoms with Gasteiger partial charge in [0.2, 0.25) is 0 Å². The van der Waals surface area contributed by atoms with E-state index in [4.69, 9.17) is 5.11 Å². The number of halogens is 1. The van der Waals surface area contributed by atoms with Gasteiger partial charge < -0.3 is 5.11 Å². The molecule has 1 aliphatic rings. The number of aliphatic hydroxyl groups is 1. The zero-order chi connectivity index (χ0) is 4.57. The summed E-state index contributed by atoms with van der Waals surface area (Å²) in [7, 11) is 0. The summed E-state index contributed by atoms with van der Waals surface area (Å²) in [5.74, 6) is 0. The number of alkyl halides is 1. The van der Waals surface area contributed by atoms with Gasteiger partial charge in [-0.2, -0.15) is 0 Å². The molecule has 0 aromatic heterocycles. The molecular formula is C4H7BrO. The van der Waals surface area contributed by atoms with E-state index in [9.17, 15) is 0 Å². The van der Waals surface area contributed by atoms with E-state index in [1.54, 1.807) is 0 Å². The third kappa shape index (κ3) is 0.590. The molecule has 0 saturated heterocycles. The predicted molar refractivity (Wildman–Crippen MR) is 28.0 cm³/mol. The van der Waals surface area contributed by atoms with E-state index >= 15 is 0 Å². The minimum absolute atomic E-state index is 0.0509. The van der Waals surface area contributed by atoms with E-state index in [-0.39, 0.29) is 6.10 Å². The summed E-state index contributed by atoms with van der Waals surface area (Å²) < 4.78 is 0. The van der Waals surface area contributed by atoms with Crippen LogP contribution in [-0.4, -0.2) is 16.0 Å². The standard InChI is InChI=1S/C4H7BrO/c5-3-1-2-4(3)6/h3-4,6H,1-2H2/t3-,4+/m0/s1. The monoisotopic (exact) mass is 150 g/mol. The number of hydrogen-bond donors (Lipinski definition) is 1. The van der Waals surface area contributed by atoms with E-state index in [0.717, 1.165) is 12.8 Å². The molecule has 0 aromatic carbocycles. The van der Waals surface area contributed by atoms with Crippen molar-refractivity contribution in [3.63, 3.8) is 0 Å². The Kier molecular flexibility index (Phi) is 1.15. The Bertz CT molecular complexity index is 47.5. The Balaban J connectivity index is 2.20. The molecule has 2 atom stereocenters. The predicted octanol–water partition coefficient (Wildman–Crippen LogP) is 0.905. The molecule has 1 N–H and O–H groups in total. The minimum atomic E-state index is -0.0509. The Morgan fingerprint density at radius 3 is 2.00 bits per heavy atom. The molecule has 0 radical (unpaired) electrons. The van der Waals surface area contributed by atoms with Crippen molar-refractivity contribution >= 4 is 15.9 Å². The molecule has 0 unspecified atom stereocenters. The van der Waals surface area contributed by atoms with Crippen LogP contribution in [0.5, 0.6) is 0 Å². The van der Waals surface area contributed by atoms with Crippen molar-refractivity contribution < 1.29 is 5.11 Å². The van der Waals surface area contributed by atoms with E-state index in [1.165, 1.54) is 0 Å². The summed E-state index contributed by atoms with van der Waals surface area (Å²) in [5, 5.41) is 8.67. The Morgan fingerprint density at radius 1 is 1.50 bits per heavy atom. The highest BCUT2D eigenvalue weighted by atomic mass is 79.9. The molecule has 1 saturated carbocycles. The molecule has 0 aliphatic heterocycles. The third-order valence-corrected chi connectivity index (χ3v) is 2.22.